The molecular weight excluding hydrogens is 336 g/mol. The fraction of sp³-hybridized carbons (Fsp3) is 0.100. The second-order valence-corrected chi connectivity index (χ2v) is 7.55. The van der Waals surface area contributed by atoms with Crippen LogP contribution in [0.15, 0.2) is 80.2 Å². The molecule has 120 valence electrons. The Bertz CT molecular complexity index is 906. The third-order valence-corrected chi connectivity index (χ3v) is 6.50. The lowest BCUT2D eigenvalue weighted by Gasteiger charge is -2.19. The predicted molar refractivity (Wildman–Crippen MR) is 99.7 cm³/mol. The molecule has 0 atom stereocenters. The average Bonchev–Trinajstić information content (AvgIpc) is 2.65. The van der Waals surface area contributed by atoms with Crippen LogP contribution in [0.5, 0.6) is 11.5 Å². The summed E-state index contributed by atoms with van der Waals surface area (Å²) in [5.74, 6) is 1.62. The van der Waals surface area contributed by atoms with Crippen LogP contribution >= 0.6 is 23.5 Å². The highest BCUT2D eigenvalue weighted by Gasteiger charge is 2.18. The first-order valence-electron chi connectivity index (χ1n) is 7.59. The van der Waals surface area contributed by atoms with Crippen LogP contribution in [0.1, 0.15) is 0 Å². The quantitative estimate of drug-likeness (QED) is 0.451. The van der Waals surface area contributed by atoms with Crippen LogP contribution < -0.4 is 9.47 Å². The van der Waals surface area contributed by atoms with Gasteiger partial charge in [-0.25, -0.2) is 0 Å². The number of hydrogen-bond donors (Lipinski definition) is 0. The van der Waals surface area contributed by atoms with Gasteiger partial charge in [-0.2, -0.15) is 0 Å². The van der Waals surface area contributed by atoms with Gasteiger partial charge in [0, 0.05) is 31.2 Å². The van der Waals surface area contributed by atoms with Crippen LogP contribution in [0.4, 0.5) is 0 Å². The van der Waals surface area contributed by atoms with Crippen molar-refractivity contribution in [3.8, 4) is 22.6 Å². The van der Waals surface area contributed by atoms with Crippen molar-refractivity contribution in [1.82, 2.24) is 0 Å². The molecule has 3 aromatic rings. The lowest BCUT2D eigenvalue weighted by atomic mass is 10.0. The van der Waals surface area contributed by atoms with Gasteiger partial charge in [0.1, 0.15) is 11.5 Å². The summed E-state index contributed by atoms with van der Waals surface area (Å²) in [7, 11) is 3.36. The summed E-state index contributed by atoms with van der Waals surface area (Å²) in [5, 5.41) is 0. The molecule has 3 aromatic carbocycles. The molecule has 0 fully saturated rings. The third-order valence-electron chi connectivity index (χ3n) is 3.95. The van der Waals surface area contributed by atoms with Crippen LogP contribution in [0.2, 0.25) is 0 Å². The second kappa shape index (κ2) is 6.46. The largest absolute Gasteiger partial charge is 0.497 e. The highest BCUT2D eigenvalue weighted by Crippen LogP contribution is 2.49. The van der Waals surface area contributed by atoms with Crippen molar-refractivity contribution in [3.05, 3.63) is 60.7 Å². The summed E-state index contributed by atoms with van der Waals surface area (Å²) in [6.07, 6.45) is 0. The molecule has 0 amide bonds. The maximum absolute atomic E-state index is 5.55. The Hall–Kier alpha value is -2.04. The molecule has 2 nitrogen and oxygen atoms in total. The van der Waals surface area contributed by atoms with E-state index < -0.39 is 0 Å². The number of methoxy groups -OCH3 is 2. The van der Waals surface area contributed by atoms with Crippen LogP contribution in [-0.4, -0.2) is 14.2 Å². The van der Waals surface area contributed by atoms with E-state index in [0.717, 1.165) is 22.6 Å². The fourth-order valence-corrected chi connectivity index (χ4v) is 4.99. The van der Waals surface area contributed by atoms with Gasteiger partial charge in [-0.1, -0.05) is 41.7 Å². The molecule has 0 aromatic heterocycles. The van der Waals surface area contributed by atoms with Crippen LogP contribution in [0.25, 0.3) is 11.1 Å². The monoisotopic (exact) mass is 352 g/mol. The molecule has 0 N–H and O–H groups in total. The minimum Gasteiger partial charge on any atom is -0.497 e. The highest BCUT2D eigenvalue weighted by atomic mass is 32.2. The van der Waals surface area contributed by atoms with Gasteiger partial charge in [0.2, 0.25) is 0 Å². The Morgan fingerprint density at radius 1 is 0.667 bits per heavy atom. The molecular formula is C20H16O2S2. The lowest BCUT2D eigenvalue weighted by Crippen LogP contribution is -1.93. The molecule has 0 bridgehead atoms. The van der Waals surface area contributed by atoms with Crippen molar-refractivity contribution >= 4 is 23.5 Å². The zero-order valence-electron chi connectivity index (χ0n) is 13.4. The lowest BCUT2D eigenvalue weighted by molar-refractivity contribution is 0.395. The number of hydrogen-bond acceptors (Lipinski definition) is 4. The third kappa shape index (κ3) is 2.76. The van der Waals surface area contributed by atoms with Crippen LogP contribution in [-0.2, 0) is 0 Å². The van der Waals surface area contributed by atoms with Gasteiger partial charge in [-0.15, -0.1) is 0 Å². The number of benzene rings is 3. The van der Waals surface area contributed by atoms with E-state index in [2.05, 4.69) is 42.5 Å². The summed E-state index contributed by atoms with van der Waals surface area (Å²) >= 11 is 3.66. The van der Waals surface area contributed by atoms with Gasteiger partial charge in [0.15, 0.2) is 0 Å². The normalized spacial score (nSPS) is 12.2. The van der Waals surface area contributed by atoms with E-state index in [1.807, 2.05) is 41.7 Å². The minimum absolute atomic E-state index is 0.799. The van der Waals surface area contributed by atoms with Crippen molar-refractivity contribution in [1.29, 1.82) is 0 Å². The molecule has 4 rings (SSSR count). The molecule has 0 aliphatic carbocycles. The molecule has 0 spiro atoms. The van der Waals surface area contributed by atoms with E-state index in [-0.39, 0.29) is 0 Å². The van der Waals surface area contributed by atoms with Crippen molar-refractivity contribution in [2.75, 3.05) is 14.2 Å². The summed E-state index contributed by atoms with van der Waals surface area (Å²) < 4.78 is 10.8. The van der Waals surface area contributed by atoms with E-state index in [1.54, 1.807) is 14.2 Å². The Balaban J connectivity index is 1.75. The van der Waals surface area contributed by atoms with Crippen molar-refractivity contribution in [2.45, 2.75) is 19.6 Å². The molecule has 1 heterocycles. The molecule has 24 heavy (non-hydrogen) atoms. The van der Waals surface area contributed by atoms with E-state index >= 15 is 0 Å². The molecule has 0 saturated carbocycles. The van der Waals surface area contributed by atoms with Gasteiger partial charge in [-0.05, 0) is 42.0 Å². The van der Waals surface area contributed by atoms with Crippen molar-refractivity contribution in [2.24, 2.45) is 0 Å². The summed E-state index contributed by atoms with van der Waals surface area (Å²) in [6.45, 7) is 0. The first-order chi connectivity index (χ1) is 11.8. The second-order valence-electron chi connectivity index (χ2n) is 5.38. The Labute approximate surface area is 150 Å². The predicted octanol–water partition coefficient (Wildman–Crippen LogP) is 5.99. The molecule has 1 aliphatic heterocycles. The summed E-state index contributed by atoms with van der Waals surface area (Å²) in [6, 6.07) is 21.1. The van der Waals surface area contributed by atoms with Crippen molar-refractivity contribution < 1.29 is 9.47 Å². The van der Waals surface area contributed by atoms with E-state index in [9.17, 15) is 0 Å². The van der Waals surface area contributed by atoms with Crippen molar-refractivity contribution in [3.63, 3.8) is 0 Å². The maximum atomic E-state index is 5.55. The van der Waals surface area contributed by atoms with Gasteiger partial charge >= 0.3 is 0 Å². The van der Waals surface area contributed by atoms with E-state index in [0.29, 0.717) is 0 Å². The zero-order chi connectivity index (χ0) is 16.5. The first-order valence-corrected chi connectivity index (χ1v) is 9.23. The Morgan fingerprint density at radius 2 is 1.38 bits per heavy atom. The zero-order valence-corrected chi connectivity index (χ0v) is 15.0. The standard InChI is InChI=1S/C20H16O2S2/c1-21-14-8-9-15(16(12-14)22-2)13-7-10-19-20(11-13)24-18-6-4-3-5-17(18)23-19/h3-12H,1-2H3. The van der Waals surface area contributed by atoms with Crippen LogP contribution in [0, 0.1) is 0 Å². The van der Waals surface area contributed by atoms with E-state index in [1.165, 1.54) is 19.6 Å². The molecule has 0 radical (unpaired) electrons. The minimum atomic E-state index is 0.799. The molecule has 4 heteroatoms. The first kappa shape index (κ1) is 15.5. The topological polar surface area (TPSA) is 18.5 Å². The van der Waals surface area contributed by atoms with Crippen LogP contribution in [0.3, 0.4) is 0 Å². The summed E-state index contributed by atoms with van der Waals surface area (Å²) in [5.41, 5.74) is 2.23. The SMILES string of the molecule is COc1ccc(-c2ccc3c(c2)Sc2ccccc2S3)c(OC)c1. The van der Waals surface area contributed by atoms with E-state index in [4.69, 9.17) is 9.47 Å². The van der Waals surface area contributed by atoms with Gasteiger partial charge in [-0.3, -0.25) is 0 Å². The van der Waals surface area contributed by atoms with Gasteiger partial charge in [0.25, 0.3) is 0 Å². The molecule has 1 aliphatic rings. The number of ether oxygens (including phenoxy) is 2. The Kier molecular flexibility index (Phi) is 4.17. The summed E-state index contributed by atoms with van der Waals surface area (Å²) in [4.78, 5) is 5.22. The fourth-order valence-electron chi connectivity index (χ4n) is 2.73. The Morgan fingerprint density at radius 3 is 2.08 bits per heavy atom. The highest BCUT2D eigenvalue weighted by molar-refractivity contribution is 8.05. The number of fused-ring (bicyclic) bond motifs is 2. The number of rotatable bonds is 3. The maximum Gasteiger partial charge on any atom is 0.130 e. The smallest absolute Gasteiger partial charge is 0.130 e. The molecule has 0 unspecified atom stereocenters. The average molecular weight is 352 g/mol. The van der Waals surface area contributed by atoms with Gasteiger partial charge < -0.3 is 9.47 Å². The molecule has 0 saturated heterocycles. The van der Waals surface area contributed by atoms with Gasteiger partial charge in [0.05, 0.1) is 14.2 Å².